The van der Waals surface area contributed by atoms with E-state index in [1.807, 2.05) is 42.7 Å². The summed E-state index contributed by atoms with van der Waals surface area (Å²) in [5.41, 5.74) is 9.34. The number of aliphatic imine (C=N–C) groups is 1. The minimum atomic E-state index is -4.47. The lowest BCUT2D eigenvalue weighted by Gasteiger charge is -2.26. The summed E-state index contributed by atoms with van der Waals surface area (Å²) in [5.74, 6) is -0.681. The Morgan fingerprint density at radius 3 is 1.86 bits per heavy atom. The van der Waals surface area contributed by atoms with Crippen molar-refractivity contribution in [1.82, 2.24) is 25.0 Å². The number of ether oxygens (including phenoxy) is 2. The molecule has 2 fully saturated rings. The highest BCUT2D eigenvalue weighted by Crippen LogP contribution is 2.36. The molecule has 3 aromatic carbocycles. The molecular weight excluding hydrogens is 846 g/mol. The van der Waals surface area contributed by atoms with Gasteiger partial charge in [-0.1, -0.05) is 58.4 Å². The fraction of sp³-hybridized carbons (Fsp3) is 0.404. The fourth-order valence-corrected chi connectivity index (χ4v) is 7.21. The van der Waals surface area contributed by atoms with Crippen molar-refractivity contribution in [3.8, 4) is 28.2 Å². The molecule has 1 unspecified atom stereocenters. The number of hydrogen-bond donors (Lipinski definition) is 4. The molecule has 0 spiro atoms. The van der Waals surface area contributed by atoms with Crippen LogP contribution in [0, 0.1) is 5.92 Å². The third-order valence-corrected chi connectivity index (χ3v) is 10.4. The topological polar surface area (TPSA) is 190 Å². The largest absolute Gasteiger partial charge is 0.453 e. The van der Waals surface area contributed by atoms with Crippen LogP contribution in [0.25, 0.3) is 28.2 Å². The summed E-state index contributed by atoms with van der Waals surface area (Å²) in [7, 11) is 2.49. The number of halogens is 3. The number of alkyl carbamates (subject to hydrolysis) is 2. The Labute approximate surface area is 377 Å². The van der Waals surface area contributed by atoms with Crippen molar-refractivity contribution >= 4 is 47.6 Å². The van der Waals surface area contributed by atoms with Crippen LogP contribution in [0.5, 0.6) is 0 Å². The summed E-state index contributed by atoms with van der Waals surface area (Å²) in [6.45, 7) is 9.78. The average molecular weight is 905 g/mol. The Hall–Kier alpha value is -6.85. The fourth-order valence-electron chi connectivity index (χ4n) is 7.21. The van der Waals surface area contributed by atoms with Gasteiger partial charge in [0.25, 0.3) is 0 Å². The second-order valence-electron chi connectivity index (χ2n) is 15.6. The van der Waals surface area contributed by atoms with Crippen LogP contribution in [0.3, 0.4) is 0 Å². The number of rotatable bonds is 11. The number of nitrogens with one attached hydrogen (secondary N) is 3. The molecule has 0 bridgehead atoms. The number of nitrogens with zero attached hydrogens (tertiary/aromatic N) is 4. The number of amides is 5. The number of alkyl halides is 3. The number of aromatic nitrogens is 1. The second kappa shape index (κ2) is 24.3. The maximum Gasteiger partial charge on any atom is 0.416 e. The standard InChI is InChI=1S/C33H31F3N6O4.C11H20N2O3.C3H8/c1-46-32(45)38-19-30(43)41-18-2-3-29(41)31(44)40-25-12-6-22(7-13-25)28-17-16-27(21-4-10-24(11-5-21)39-20-37)42(28)26-14-8-23(9-15-26)33(34,35)36;1-8(2)9(12-11(15)16-3)10(14)13-6-4-5-7-13;1-3-2/h4-17,20,29H,2-3,18-19H2,1H3,(H2,37,39)(H,38,45)(H,40,44);8-9H,4-7H2,1-3H3,(H,12,15);3H2,1-2H3/t29-;;/m0../s1. The molecule has 5 N–H and O–H groups in total. The van der Waals surface area contributed by atoms with E-state index in [0.29, 0.717) is 42.1 Å². The van der Waals surface area contributed by atoms with Gasteiger partial charge in [-0.15, -0.1) is 0 Å². The number of hydrogen-bond acceptors (Lipinski definition) is 8. The monoisotopic (exact) mass is 904 g/mol. The van der Waals surface area contributed by atoms with Gasteiger partial charge in [-0.2, -0.15) is 13.2 Å². The number of anilines is 1. The van der Waals surface area contributed by atoms with E-state index >= 15 is 0 Å². The number of nitrogens with two attached hydrogens (primary N) is 1. The molecule has 2 aliphatic heterocycles. The lowest BCUT2D eigenvalue weighted by atomic mass is 10.0. The molecule has 0 radical (unpaired) electrons. The minimum Gasteiger partial charge on any atom is -0.453 e. The normalized spacial score (nSPS) is 15.0. The zero-order valence-corrected chi connectivity index (χ0v) is 37.6. The molecule has 2 atom stereocenters. The van der Waals surface area contributed by atoms with Gasteiger partial charge in [0.1, 0.15) is 18.6 Å². The van der Waals surface area contributed by atoms with Gasteiger partial charge in [0, 0.05) is 31.0 Å². The Morgan fingerprint density at radius 1 is 0.800 bits per heavy atom. The van der Waals surface area contributed by atoms with Gasteiger partial charge in [0.05, 0.1) is 43.2 Å². The van der Waals surface area contributed by atoms with Gasteiger partial charge >= 0.3 is 18.4 Å². The van der Waals surface area contributed by atoms with Gasteiger partial charge in [0.2, 0.25) is 17.7 Å². The highest BCUT2D eigenvalue weighted by atomic mass is 19.4. The quantitative estimate of drug-likeness (QED) is 0.0857. The van der Waals surface area contributed by atoms with Crippen molar-refractivity contribution in [2.45, 2.75) is 78.1 Å². The van der Waals surface area contributed by atoms with Crippen molar-refractivity contribution in [1.29, 1.82) is 0 Å². The number of benzene rings is 3. The van der Waals surface area contributed by atoms with E-state index in [2.05, 4.69) is 44.3 Å². The Bertz CT molecular complexity index is 2220. The summed E-state index contributed by atoms with van der Waals surface area (Å²) >= 11 is 0. The molecular formula is C47H59F3N8O7. The molecule has 15 nitrogen and oxygen atoms in total. The van der Waals surface area contributed by atoms with Gasteiger partial charge in [0.15, 0.2) is 0 Å². The maximum atomic E-state index is 13.3. The molecule has 4 aromatic rings. The van der Waals surface area contributed by atoms with E-state index < -0.39 is 36.0 Å². The number of carbonyl (C=O) groups is 5. The predicted molar refractivity (Wildman–Crippen MR) is 244 cm³/mol. The molecule has 65 heavy (non-hydrogen) atoms. The first-order valence-corrected chi connectivity index (χ1v) is 21.5. The van der Waals surface area contributed by atoms with Crippen molar-refractivity contribution in [3.63, 3.8) is 0 Å². The number of methoxy groups -OCH3 is 2. The molecule has 2 aliphatic rings. The summed E-state index contributed by atoms with van der Waals surface area (Å²) in [6.07, 6.45) is -0.0817. The van der Waals surface area contributed by atoms with E-state index in [0.717, 1.165) is 54.9 Å². The molecule has 18 heteroatoms. The summed E-state index contributed by atoms with van der Waals surface area (Å²) in [4.78, 5) is 67.6. The average Bonchev–Trinajstić information content (AvgIpc) is 4.11. The highest BCUT2D eigenvalue weighted by molar-refractivity contribution is 5.98. The third-order valence-electron chi connectivity index (χ3n) is 10.4. The molecule has 3 heterocycles. The van der Waals surface area contributed by atoms with E-state index in [-0.39, 0.29) is 30.2 Å². The van der Waals surface area contributed by atoms with Gasteiger partial charge in [-0.3, -0.25) is 14.4 Å². The van der Waals surface area contributed by atoms with Crippen molar-refractivity contribution in [2.24, 2.45) is 16.6 Å². The van der Waals surface area contributed by atoms with Crippen LogP contribution in [0.2, 0.25) is 0 Å². The van der Waals surface area contributed by atoms with Gasteiger partial charge in [-0.25, -0.2) is 14.6 Å². The summed E-state index contributed by atoms with van der Waals surface area (Å²) in [6, 6.07) is 21.8. The Balaban J connectivity index is 0.000000407. The summed E-state index contributed by atoms with van der Waals surface area (Å²) < 4.78 is 50.8. The number of carbonyl (C=O) groups excluding carboxylic acids is 5. The van der Waals surface area contributed by atoms with Crippen LogP contribution < -0.4 is 21.7 Å². The van der Waals surface area contributed by atoms with Crippen molar-refractivity contribution < 1.29 is 46.6 Å². The van der Waals surface area contributed by atoms with Crippen LogP contribution in [0.15, 0.2) is 89.9 Å². The van der Waals surface area contributed by atoms with Gasteiger partial charge in [-0.05, 0) is 103 Å². The minimum absolute atomic E-state index is 0.00194. The molecule has 350 valence electrons. The predicted octanol–water partition coefficient (Wildman–Crippen LogP) is 8.14. The lowest BCUT2D eigenvalue weighted by molar-refractivity contribution is -0.137. The zero-order chi connectivity index (χ0) is 47.7. The molecule has 6 rings (SSSR count). The van der Waals surface area contributed by atoms with Crippen LogP contribution >= 0.6 is 0 Å². The van der Waals surface area contributed by atoms with Crippen LogP contribution in [0.1, 0.15) is 65.4 Å². The van der Waals surface area contributed by atoms with Gasteiger partial charge < -0.3 is 45.5 Å². The zero-order valence-electron chi connectivity index (χ0n) is 37.6. The molecule has 2 saturated heterocycles. The first-order valence-electron chi connectivity index (χ1n) is 21.5. The highest BCUT2D eigenvalue weighted by Gasteiger charge is 2.35. The Morgan fingerprint density at radius 2 is 1.35 bits per heavy atom. The number of likely N-dealkylation sites (tertiary alicyclic amines) is 2. The van der Waals surface area contributed by atoms with Crippen LogP contribution in [0.4, 0.5) is 34.1 Å². The SMILES string of the molecule is CCC.COC(=O)NC(C(=O)N1CCCC1)C(C)C.COC(=O)NCC(=O)N1CCC[C@H]1C(=O)Nc1ccc(-c2ccc(-c3ccc(N=CN)cc3)n2-c2ccc(C(F)(F)F)cc2)cc1. The first kappa shape index (κ1) is 50.8. The lowest BCUT2D eigenvalue weighted by Crippen LogP contribution is -2.50. The van der Waals surface area contributed by atoms with E-state index in [4.69, 9.17) is 5.73 Å². The van der Waals surface area contributed by atoms with Crippen LogP contribution in [-0.4, -0.2) is 103 Å². The van der Waals surface area contributed by atoms with Crippen molar-refractivity contribution in [2.75, 3.05) is 45.7 Å². The molecule has 5 amide bonds. The third kappa shape index (κ3) is 14.1. The van der Waals surface area contributed by atoms with Crippen molar-refractivity contribution in [3.05, 3.63) is 90.5 Å². The Kier molecular flexibility index (Phi) is 19.0. The maximum absolute atomic E-state index is 13.3. The second-order valence-corrected chi connectivity index (χ2v) is 15.6. The first-order chi connectivity index (χ1) is 31.1. The van der Waals surface area contributed by atoms with Crippen LogP contribution in [-0.2, 0) is 30.0 Å². The van der Waals surface area contributed by atoms with E-state index in [9.17, 15) is 37.1 Å². The molecule has 1 aromatic heterocycles. The van der Waals surface area contributed by atoms with E-state index in [1.54, 1.807) is 41.3 Å². The molecule has 0 saturated carbocycles. The molecule has 0 aliphatic carbocycles. The van der Waals surface area contributed by atoms with E-state index in [1.165, 1.54) is 44.0 Å². The summed E-state index contributed by atoms with van der Waals surface area (Å²) in [5, 5.41) is 7.79. The smallest absolute Gasteiger partial charge is 0.416 e.